The maximum Gasteiger partial charge on any atom is 0.300 e. The number of benzene rings is 1. The van der Waals surface area contributed by atoms with E-state index in [0.29, 0.717) is 112 Å². The highest BCUT2D eigenvalue weighted by atomic mass is 35.5. The van der Waals surface area contributed by atoms with Gasteiger partial charge in [0.2, 0.25) is 0 Å². The number of phenolic OH excluding ortho intramolecular Hbond substituents is 2. The number of aromatic nitrogens is 1. The van der Waals surface area contributed by atoms with Crippen molar-refractivity contribution in [2.75, 3.05) is 78.9 Å². The van der Waals surface area contributed by atoms with Crippen LogP contribution < -0.4 is 0 Å². The third-order valence-electron chi connectivity index (χ3n) is 9.29. The highest BCUT2D eigenvalue weighted by Gasteiger charge is 2.56. The Bertz CT molecular complexity index is 1630. The van der Waals surface area contributed by atoms with Crippen molar-refractivity contribution in [3.63, 3.8) is 0 Å². The first kappa shape index (κ1) is 38.0. The minimum absolute atomic E-state index is 0.0590. The SMILES string of the molecule is C=C1/C=C\C=NC/C(O)=C(CN2CCOCCOCCN(Cc3cc(O)c4cccnc4c3O)CC(C)(C)OCC3(C)CB3OCC2)\C=C/1Cl. The van der Waals surface area contributed by atoms with Crippen LogP contribution in [0, 0.1) is 0 Å². The minimum Gasteiger partial charge on any atom is -0.510 e. The number of rotatable bonds is 4. The van der Waals surface area contributed by atoms with Gasteiger partial charge in [-0.05, 0) is 61.4 Å². The van der Waals surface area contributed by atoms with Crippen molar-refractivity contribution in [2.24, 2.45) is 4.99 Å². The number of aromatic hydroxyl groups is 2. The lowest BCUT2D eigenvalue weighted by Crippen LogP contribution is -2.42. The molecule has 1 aromatic carbocycles. The minimum atomic E-state index is -0.517. The monoisotopic (exact) mass is 708 g/mol. The van der Waals surface area contributed by atoms with Gasteiger partial charge >= 0.3 is 6.92 Å². The number of phenols is 2. The summed E-state index contributed by atoms with van der Waals surface area (Å²) in [6, 6.07) is 5.08. The summed E-state index contributed by atoms with van der Waals surface area (Å²) in [5, 5.41) is 33.5. The Kier molecular flexibility index (Phi) is 13.2. The van der Waals surface area contributed by atoms with Gasteiger partial charge in [0.25, 0.3) is 0 Å². The fraction of sp³-hybridized carbons (Fsp3) is 0.514. The molecule has 11 nitrogen and oxygen atoms in total. The third-order valence-corrected chi connectivity index (χ3v) is 9.64. The Morgan fingerprint density at radius 3 is 2.52 bits per heavy atom. The molecule has 5 rings (SSSR count). The van der Waals surface area contributed by atoms with Crippen LogP contribution in [0.25, 0.3) is 10.9 Å². The molecule has 3 N–H and O–H groups in total. The van der Waals surface area contributed by atoms with Crippen LogP contribution >= 0.6 is 11.6 Å². The van der Waals surface area contributed by atoms with Crippen molar-refractivity contribution in [3.8, 4) is 11.5 Å². The third kappa shape index (κ3) is 10.6. The lowest BCUT2D eigenvalue weighted by atomic mass is 9.81. The van der Waals surface area contributed by atoms with Gasteiger partial charge in [0, 0.05) is 86.4 Å². The predicted molar refractivity (Wildman–Crippen MR) is 199 cm³/mol. The molecule has 1 unspecified atom stereocenters. The van der Waals surface area contributed by atoms with Crippen molar-refractivity contribution in [1.82, 2.24) is 14.8 Å². The molecule has 2 saturated heterocycles. The predicted octanol–water partition coefficient (Wildman–Crippen LogP) is 5.51. The van der Waals surface area contributed by atoms with Gasteiger partial charge in [0.1, 0.15) is 22.8 Å². The maximum atomic E-state index is 11.1. The number of aliphatic imine (C=N–C) groups is 1. The molecule has 13 heteroatoms. The van der Waals surface area contributed by atoms with Gasteiger partial charge in [0.15, 0.2) is 0 Å². The molecule has 3 aliphatic heterocycles. The van der Waals surface area contributed by atoms with E-state index in [4.69, 9.17) is 30.5 Å². The van der Waals surface area contributed by atoms with Gasteiger partial charge in [0.05, 0.1) is 38.6 Å². The van der Waals surface area contributed by atoms with Crippen LogP contribution in [0.1, 0.15) is 26.3 Å². The topological polar surface area (TPSA) is 129 Å². The van der Waals surface area contributed by atoms with Crippen LogP contribution in [-0.2, 0) is 25.4 Å². The molecule has 2 aromatic rings. The number of hydrogen-bond donors (Lipinski definition) is 3. The second kappa shape index (κ2) is 17.3. The fourth-order valence-electron chi connectivity index (χ4n) is 6.11. The molecule has 270 valence electrons. The van der Waals surface area contributed by atoms with Crippen LogP contribution in [0.4, 0.5) is 0 Å². The molecule has 0 spiro atoms. The first-order valence-electron chi connectivity index (χ1n) is 17.2. The molecule has 3 aliphatic rings. The smallest absolute Gasteiger partial charge is 0.300 e. The Balaban J connectivity index is 1.25. The number of hydrogen-bond acceptors (Lipinski definition) is 11. The summed E-state index contributed by atoms with van der Waals surface area (Å²) in [6.45, 7) is 16.6. The van der Waals surface area contributed by atoms with E-state index in [1.54, 1.807) is 48.8 Å². The molecule has 0 bridgehead atoms. The average Bonchev–Trinajstić information content (AvgIpc) is 3.74. The summed E-state index contributed by atoms with van der Waals surface area (Å²) in [5.41, 5.74) is 1.75. The maximum absolute atomic E-state index is 11.1. The van der Waals surface area contributed by atoms with Crippen LogP contribution in [0.3, 0.4) is 0 Å². The number of aliphatic hydroxyl groups excluding tert-OH is 1. The Hall–Kier alpha value is -3.23. The second-order valence-corrected chi connectivity index (χ2v) is 14.5. The standard InChI is InChI=1S/C37H50BClN4O7/c1-27-7-5-9-40-21-33(45)28(19-31(27)39)22-42-11-14-47-17-18-48-15-12-43(23-29-20-32(44)30-8-6-10-41-34(30)35(29)46)25-36(2,3)49-26-37(4)24-38(37)50-16-13-42/h5-10,19-20,44-46H,1,11-18,21-26H2,2-4H3/b7-5-,31-19+,33-28-,40-9?. The molecule has 1 aromatic heterocycles. The van der Waals surface area contributed by atoms with Crippen molar-refractivity contribution >= 4 is 35.6 Å². The fourth-order valence-corrected chi connectivity index (χ4v) is 6.31. The Labute approximate surface area is 300 Å². The van der Waals surface area contributed by atoms with E-state index in [1.165, 1.54) is 0 Å². The van der Waals surface area contributed by atoms with Gasteiger partial charge < -0.3 is 34.2 Å². The van der Waals surface area contributed by atoms with Crippen molar-refractivity contribution in [3.05, 3.63) is 76.7 Å². The number of aliphatic hydroxyl groups is 1. The number of ether oxygens (including phenoxy) is 3. The molecular weight excluding hydrogens is 659 g/mol. The van der Waals surface area contributed by atoms with Gasteiger partial charge in [-0.25, -0.2) is 0 Å². The van der Waals surface area contributed by atoms with E-state index in [-0.39, 0.29) is 36.0 Å². The van der Waals surface area contributed by atoms with Gasteiger partial charge in [-0.15, -0.1) is 0 Å². The zero-order valence-electron chi connectivity index (χ0n) is 29.4. The number of nitrogens with zero attached hydrogens (tertiary/aromatic N) is 4. The molecule has 1 atom stereocenters. The average molecular weight is 709 g/mol. The van der Waals surface area contributed by atoms with Crippen LogP contribution in [0.15, 0.2) is 76.1 Å². The van der Waals surface area contributed by atoms with E-state index in [0.717, 1.165) is 6.32 Å². The van der Waals surface area contributed by atoms with Crippen molar-refractivity contribution in [1.29, 1.82) is 0 Å². The molecule has 0 saturated carbocycles. The largest absolute Gasteiger partial charge is 0.510 e. The molecule has 50 heavy (non-hydrogen) atoms. The van der Waals surface area contributed by atoms with Crippen LogP contribution in [0.5, 0.6) is 11.5 Å². The van der Waals surface area contributed by atoms with Crippen molar-refractivity contribution in [2.45, 2.75) is 44.6 Å². The first-order chi connectivity index (χ1) is 23.9. The Morgan fingerprint density at radius 1 is 1.00 bits per heavy atom. The van der Waals surface area contributed by atoms with Crippen LogP contribution in [0.2, 0.25) is 11.6 Å². The summed E-state index contributed by atoms with van der Waals surface area (Å²) in [4.78, 5) is 12.9. The summed E-state index contributed by atoms with van der Waals surface area (Å²) in [5.74, 6) is 0.292. The lowest BCUT2D eigenvalue weighted by molar-refractivity contribution is -0.0518. The van der Waals surface area contributed by atoms with Gasteiger partial charge in [-0.1, -0.05) is 31.2 Å². The van der Waals surface area contributed by atoms with Crippen LogP contribution in [-0.4, -0.2) is 128 Å². The number of halogens is 1. The number of allylic oxidation sites excluding steroid dienone is 4. The zero-order valence-corrected chi connectivity index (χ0v) is 30.2. The molecule has 2 fully saturated rings. The van der Waals surface area contributed by atoms with Gasteiger partial charge in [-0.2, -0.15) is 0 Å². The molecule has 4 heterocycles. The zero-order chi connectivity index (χ0) is 35.7. The number of pyridine rings is 1. The van der Waals surface area contributed by atoms with Crippen molar-refractivity contribution < 1.29 is 34.2 Å². The molecule has 0 radical (unpaired) electrons. The molecular formula is C37H50BClN4O7. The highest BCUT2D eigenvalue weighted by molar-refractivity contribution is 6.68. The summed E-state index contributed by atoms with van der Waals surface area (Å²) in [7, 11) is 0. The van der Waals surface area contributed by atoms with Gasteiger partial charge in [-0.3, -0.25) is 19.8 Å². The highest BCUT2D eigenvalue weighted by Crippen LogP contribution is 2.54. The van der Waals surface area contributed by atoms with E-state index in [2.05, 4.69) is 47.1 Å². The molecule has 0 amide bonds. The lowest BCUT2D eigenvalue weighted by Gasteiger charge is -2.34. The van der Waals surface area contributed by atoms with E-state index in [9.17, 15) is 15.3 Å². The van der Waals surface area contributed by atoms with E-state index >= 15 is 0 Å². The normalized spacial score (nSPS) is 27.4. The summed E-state index contributed by atoms with van der Waals surface area (Å²) in [6.07, 6.45) is 9.44. The quantitative estimate of drug-likeness (QED) is 0.277. The molecule has 0 aliphatic carbocycles. The second-order valence-electron chi connectivity index (χ2n) is 14.1. The van der Waals surface area contributed by atoms with E-state index in [1.807, 2.05) is 0 Å². The number of fused-ring (bicyclic) bond motifs is 2. The first-order valence-corrected chi connectivity index (χ1v) is 17.6. The Morgan fingerprint density at radius 2 is 1.74 bits per heavy atom. The van der Waals surface area contributed by atoms with E-state index < -0.39 is 5.60 Å². The summed E-state index contributed by atoms with van der Waals surface area (Å²) < 4.78 is 24.8. The summed E-state index contributed by atoms with van der Waals surface area (Å²) >= 11 is 6.54.